The number of nitrogens with zero attached hydrogens (tertiary/aromatic N) is 3. The van der Waals surface area contributed by atoms with Gasteiger partial charge in [0.15, 0.2) is 11.5 Å². The van der Waals surface area contributed by atoms with Gasteiger partial charge in [0.25, 0.3) is 0 Å². The summed E-state index contributed by atoms with van der Waals surface area (Å²) in [6.45, 7) is 0. The monoisotopic (exact) mass is 298 g/mol. The van der Waals surface area contributed by atoms with Crippen LogP contribution in [0.1, 0.15) is 15.5 Å². The summed E-state index contributed by atoms with van der Waals surface area (Å²) in [5.41, 5.74) is 2.01. The Labute approximate surface area is 123 Å². The Bertz CT molecular complexity index is 778. The van der Waals surface area contributed by atoms with Crippen LogP contribution in [-0.2, 0) is 0 Å². The SMILES string of the molecule is O=C(C=C(O)c1nn[nH]n1)c1cc(-c2ccccc2)cs1. The first-order chi connectivity index (χ1) is 10.2. The van der Waals surface area contributed by atoms with Crippen molar-refractivity contribution in [3.05, 3.63) is 58.6 Å². The van der Waals surface area contributed by atoms with Crippen molar-refractivity contribution < 1.29 is 9.90 Å². The van der Waals surface area contributed by atoms with Gasteiger partial charge in [0.2, 0.25) is 5.82 Å². The first kappa shape index (κ1) is 13.2. The molecule has 0 amide bonds. The first-order valence-corrected chi connectivity index (χ1v) is 6.95. The molecule has 0 spiro atoms. The van der Waals surface area contributed by atoms with E-state index in [0.717, 1.165) is 17.2 Å². The van der Waals surface area contributed by atoms with Crippen molar-refractivity contribution in [2.24, 2.45) is 0 Å². The number of hydrogen-bond acceptors (Lipinski definition) is 6. The average Bonchev–Trinajstić information content (AvgIpc) is 3.20. The highest BCUT2D eigenvalue weighted by Gasteiger charge is 2.12. The van der Waals surface area contributed by atoms with Gasteiger partial charge in [-0.3, -0.25) is 4.79 Å². The Morgan fingerprint density at radius 1 is 1.24 bits per heavy atom. The number of aromatic amines is 1. The van der Waals surface area contributed by atoms with E-state index in [1.165, 1.54) is 11.3 Å². The average molecular weight is 298 g/mol. The van der Waals surface area contributed by atoms with E-state index >= 15 is 0 Å². The second kappa shape index (κ2) is 5.68. The molecular formula is C14H10N4O2S. The number of aliphatic hydroxyl groups is 1. The van der Waals surface area contributed by atoms with Gasteiger partial charge in [-0.1, -0.05) is 30.3 Å². The largest absolute Gasteiger partial charge is 0.504 e. The number of benzene rings is 1. The zero-order valence-electron chi connectivity index (χ0n) is 10.7. The molecule has 7 heteroatoms. The molecule has 0 bridgehead atoms. The van der Waals surface area contributed by atoms with E-state index in [1.54, 1.807) is 6.07 Å². The van der Waals surface area contributed by atoms with Crippen molar-refractivity contribution in [2.75, 3.05) is 0 Å². The normalized spacial score (nSPS) is 11.5. The maximum absolute atomic E-state index is 12.1. The number of nitrogens with one attached hydrogen (secondary N) is 1. The van der Waals surface area contributed by atoms with Crippen LogP contribution in [0.25, 0.3) is 16.9 Å². The van der Waals surface area contributed by atoms with E-state index in [9.17, 15) is 9.90 Å². The third kappa shape index (κ3) is 2.87. The molecule has 0 aliphatic carbocycles. The molecule has 2 aromatic heterocycles. The molecule has 2 heterocycles. The molecule has 0 aliphatic rings. The highest BCUT2D eigenvalue weighted by atomic mass is 32.1. The lowest BCUT2D eigenvalue weighted by Gasteiger charge is -1.95. The standard InChI is InChI=1S/C14H10N4O2S/c19-11(7-12(20)14-15-17-18-16-14)13-6-10(8-21-13)9-4-2-1-3-5-9/h1-8,20H,(H,15,16,17,18). The molecule has 6 nitrogen and oxygen atoms in total. The van der Waals surface area contributed by atoms with Crippen LogP contribution in [-0.4, -0.2) is 31.5 Å². The van der Waals surface area contributed by atoms with Crippen LogP contribution >= 0.6 is 11.3 Å². The van der Waals surface area contributed by atoms with Crippen molar-refractivity contribution in [1.82, 2.24) is 20.6 Å². The topological polar surface area (TPSA) is 91.8 Å². The number of ketones is 1. The lowest BCUT2D eigenvalue weighted by molar-refractivity contribution is 0.104. The second-order valence-electron chi connectivity index (χ2n) is 4.19. The summed E-state index contributed by atoms with van der Waals surface area (Å²) in [5.74, 6) is -0.629. The zero-order valence-corrected chi connectivity index (χ0v) is 11.5. The lowest BCUT2D eigenvalue weighted by Crippen LogP contribution is -1.95. The Hall–Kier alpha value is -2.80. The molecular weight excluding hydrogens is 288 g/mol. The van der Waals surface area contributed by atoms with Crippen LogP contribution in [0.4, 0.5) is 0 Å². The van der Waals surface area contributed by atoms with Crippen molar-refractivity contribution in [3.63, 3.8) is 0 Å². The summed E-state index contributed by atoms with van der Waals surface area (Å²) in [5, 5.41) is 24.4. The van der Waals surface area contributed by atoms with Crippen molar-refractivity contribution >= 4 is 22.9 Å². The molecule has 21 heavy (non-hydrogen) atoms. The van der Waals surface area contributed by atoms with Crippen molar-refractivity contribution in [1.29, 1.82) is 0 Å². The van der Waals surface area contributed by atoms with Gasteiger partial charge in [-0.15, -0.1) is 21.5 Å². The number of aliphatic hydroxyl groups excluding tert-OH is 1. The second-order valence-corrected chi connectivity index (χ2v) is 5.11. The molecule has 0 saturated heterocycles. The molecule has 0 radical (unpaired) electrons. The Balaban J connectivity index is 1.84. The molecule has 3 rings (SSSR count). The van der Waals surface area contributed by atoms with Gasteiger partial charge in [-0.2, -0.15) is 5.21 Å². The molecule has 3 aromatic rings. The van der Waals surface area contributed by atoms with Gasteiger partial charge in [0.1, 0.15) is 0 Å². The van der Waals surface area contributed by atoms with Gasteiger partial charge in [0, 0.05) is 6.08 Å². The summed E-state index contributed by atoms with van der Waals surface area (Å²) in [7, 11) is 0. The number of carbonyl (C=O) groups excluding carboxylic acids is 1. The quantitative estimate of drug-likeness (QED) is 0.439. The van der Waals surface area contributed by atoms with Gasteiger partial charge in [-0.25, -0.2) is 0 Å². The summed E-state index contributed by atoms with van der Waals surface area (Å²) in [6.07, 6.45) is 1.09. The number of allylic oxidation sites excluding steroid dienone is 1. The molecule has 0 aliphatic heterocycles. The van der Waals surface area contributed by atoms with Crippen LogP contribution in [0.3, 0.4) is 0 Å². The predicted octanol–water partition coefficient (Wildman–Crippen LogP) is 2.71. The van der Waals surface area contributed by atoms with E-state index in [2.05, 4.69) is 20.6 Å². The Morgan fingerprint density at radius 3 is 2.76 bits per heavy atom. The third-order valence-corrected chi connectivity index (χ3v) is 3.74. The van der Waals surface area contributed by atoms with Crippen LogP contribution in [0.5, 0.6) is 0 Å². The smallest absolute Gasteiger partial charge is 0.239 e. The fourth-order valence-corrected chi connectivity index (χ4v) is 2.61. The number of hydrogen-bond donors (Lipinski definition) is 2. The molecule has 0 atom stereocenters. The predicted molar refractivity (Wildman–Crippen MR) is 78.9 cm³/mol. The lowest BCUT2D eigenvalue weighted by atomic mass is 10.1. The number of thiophene rings is 1. The van der Waals surface area contributed by atoms with Crippen molar-refractivity contribution in [2.45, 2.75) is 0 Å². The fraction of sp³-hybridized carbons (Fsp3) is 0. The minimum Gasteiger partial charge on any atom is -0.504 e. The Kier molecular flexibility index (Phi) is 3.57. The van der Waals surface area contributed by atoms with E-state index < -0.39 is 0 Å². The van der Waals surface area contributed by atoms with Gasteiger partial charge in [-0.05, 0) is 27.8 Å². The maximum atomic E-state index is 12.1. The molecule has 2 N–H and O–H groups in total. The van der Waals surface area contributed by atoms with Gasteiger partial charge >= 0.3 is 0 Å². The third-order valence-electron chi connectivity index (χ3n) is 2.79. The van der Waals surface area contributed by atoms with Crippen LogP contribution in [0.15, 0.2) is 47.9 Å². The van der Waals surface area contributed by atoms with Crippen LogP contribution < -0.4 is 0 Å². The van der Waals surface area contributed by atoms with E-state index in [4.69, 9.17) is 0 Å². The molecule has 104 valence electrons. The molecule has 0 fully saturated rings. The van der Waals surface area contributed by atoms with Gasteiger partial charge in [0.05, 0.1) is 4.88 Å². The molecule has 0 unspecified atom stereocenters. The van der Waals surface area contributed by atoms with E-state index in [-0.39, 0.29) is 17.4 Å². The highest BCUT2D eigenvalue weighted by Crippen LogP contribution is 2.26. The van der Waals surface area contributed by atoms with E-state index in [1.807, 2.05) is 35.7 Å². The summed E-state index contributed by atoms with van der Waals surface area (Å²) < 4.78 is 0. The zero-order chi connectivity index (χ0) is 14.7. The minimum atomic E-state index is -0.316. The van der Waals surface area contributed by atoms with Gasteiger partial charge < -0.3 is 5.11 Å². The summed E-state index contributed by atoms with van der Waals surface area (Å²) >= 11 is 1.32. The minimum absolute atomic E-state index is 0.0109. The fourth-order valence-electron chi connectivity index (χ4n) is 1.78. The number of H-pyrrole nitrogens is 1. The van der Waals surface area contributed by atoms with Crippen molar-refractivity contribution in [3.8, 4) is 11.1 Å². The maximum Gasteiger partial charge on any atom is 0.239 e. The van der Waals surface area contributed by atoms with E-state index in [0.29, 0.717) is 4.88 Å². The Morgan fingerprint density at radius 2 is 2.05 bits per heavy atom. The number of carbonyl (C=O) groups is 1. The summed E-state index contributed by atoms with van der Waals surface area (Å²) in [4.78, 5) is 12.6. The highest BCUT2D eigenvalue weighted by molar-refractivity contribution is 7.12. The number of tetrazole rings is 1. The van der Waals surface area contributed by atoms with Crippen LogP contribution in [0.2, 0.25) is 0 Å². The van der Waals surface area contributed by atoms with Crippen LogP contribution in [0, 0.1) is 0 Å². The number of aromatic nitrogens is 4. The first-order valence-electron chi connectivity index (χ1n) is 6.07. The molecule has 1 aromatic carbocycles. The number of rotatable bonds is 4. The summed E-state index contributed by atoms with van der Waals surface area (Å²) in [6, 6.07) is 11.6. The molecule has 0 saturated carbocycles.